The van der Waals surface area contributed by atoms with Gasteiger partial charge in [-0.05, 0) is 41.5 Å². The molecule has 0 saturated heterocycles. The molecule has 0 heterocycles. The third kappa shape index (κ3) is 6.22. The second-order valence-corrected chi connectivity index (χ2v) is 8.09. The second-order valence-electron chi connectivity index (χ2n) is 8.09. The monoisotopic (exact) mass is 444 g/mol. The number of para-hydroxylation sites is 1. The number of hydrogen-bond acceptors (Lipinski definition) is 3. The minimum absolute atomic E-state index is 0.310. The van der Waals surface area contributed by atoms with E-state index in [2.05, 4.69) is 24.7 Å². The first-order valence-corrected chi connectivity index (χ1v) is 11.5. The molecule has 33 heavy (non-hydrogen) atoms. The van der Waals surface area contributed by atoms with E-state index < -0.39 is 12.0 Å². The van der Waals surface area contributed by atoms with Gasteiger partial charge in [-0.15, -0.1) is 0 Å². The van der Waals surface area contributed by atoms with Crippen LogP contribution in [0.1, 0.15) is 62.1 Å². The molecule has 2 N–H and O–H groups in total. The van der Waals surface area contributed by atoms with Crippen LogP contribution < -0.4 is 15.6 Å². The molecule has 0 bridgehead atoms. The first kappa shape index (κ1) is 24.1. The van der Waals surface area contributed by atoms with Crippen LogP contribution in [0.5, 0.6) is 5.75 Å². The number of carbonyl (C=O) groups is 2. The van der Waals surface area contributed by atoms with Gasteiger partial charge in [0.2, 0.25) is 5.91 Å². The van der Waals surface area contributed by atoms with Crippen LogP contribution in [-0.2, 0) is 9.59 Å². The highest BCUT2D eigenvalue weighted by Crippen LogP contribution is 2.29. The molecule has 0 saturated carbocycles. The van der Waals surface area contributed by atoms with E-state index in [0.29, 0.717) is 18.1 Å². The second kappa shape index (κ2) is 11.9. The minimum Gasteiger partial charge on any atom is -0.480 e. The van der Waals surface area contributed by atoms with Crippen molar-refractivity contribution in [3.63, 3.8) is 0 Å². The lowest BCUT2D eigenvalue weighted by atomic mass is 9.91. The fourth-order valence-electron chi connectivity index (χ4n) is 3.75. The Bertz CT molecular complexity index is 998. The van der Waals surface area contributed by atoms with Crippen LogP contribution >= 0.6 is 0 Å². The first-order chi connectivity index (χ1) is 16.0. The number of ether oxygens (including phenoxy) is 1. The quantitative estimate of drug-likeness (QED) is 0.438. The first-order valence-electron chi connectivity index (χ1n) is 11.5. The molecule has 0 spiro atoms. The lowest BCUT2D eigenvalue weighted by molar-refractivity contribution is -0.133. The molecule has 3 aromatic rings. The van der Waals surface area contributed by atoms with E-state index in [0.717, 1.165) is 23.1 Å². The van der Waals surface area contributed by atoms with Gasteiger partial charge in [0.15, 0.2) is 6.10 Å². The maximum atomic E-state index is 13.1. The fourth-order valence-corrected chi connectivity index (χ4v) is 3.75. The van der Waals surface area contributed by atoms with Crippen LogP contribution in [0.4, 0.5) is 0 Å². The predicted molar refractivity (Wildman–Crippen MR) is 131 cm³/mol. The van der Waals surface area contributed by atoms with Gasteiger partial charge >= 0.3 is 0 Å². The zero-order chi connectivity index (χ0) is 23.6. The molecular formula is C28H32N2O3. The van der Waals surface area contributed by atoms with Gasteiger partial charge < -0.3 is 4.74 Å². The summed E-state index contributed by atoms with van der Waals surface area (Å²) < 4.78 is 6.08. The average Bonchev–Trinajstić information content (AvgIpc) is 2.87. The van der Waals surface area contributed by atoms with Crippen molar-refractivity contribution in [2.45, 2.75) is 51.6 Å². The van der Waals surface area contributed by atoms with E-state index >= 15 is 0 Å². The normalized spacial score (nSPS) is 12.6. The highest BCUT2D eigenvalue weighted by molar-refractivity contribution is 5.90. The molecular weight excluding hydrogens is 412 g/mol. The van der Waals surface area contributed by atoms with Gasteiger partial charge in [-0.1, -0.05) is 99.6 Å². The Morgan fingerprint density at radius 3 is 1.79 bits per heavy atom. The summed E-state index contributed by atoms with van der Waals surface area (Å²) in [5, 5.41) is 0. The average molecular weight is 445 g/mol. The van der Waals surface area contributed by atoms with Gasteiger partial charge in [-0.25, -0.2) is 0 Å². The predicted octanol–water partition coefficient (Wildman–Crippen LogP) is 5.34. The molecule has 2 unspecified atom stereocenters. The number of hydrogen-bond donors (Lipinski definition) is 2. The van der Waals surface area contributed by atoms with Crippen LogP contribution in [0.2, 0.25) is 0 Å². The Kier molecular flexibility index (Phi) is 8.64. The summed E-state index contributed by atoms with van der Waals surface area (Å²) in [4.78, 5) is 26.0. The number of rotatable bonds is 9. The maximum absolute atomic E-state index is 13.1. The van der Waals surface area contributed by atoms with Gasteiger partial charge in [-0.3, -0.25) is 20.4 Å². The van der Waals surface area contributed by atoms with E-state index in [1.54, 1.807) is 0 Å². The molecule has 0 aliphatic rings. The summed E-state index contributed by atoms with van der Waals surface area (Å²) in [6.45, 7) is 6.14. The number of nitrogens with one attached hydrogen (secondary N) is 2. The van der Waals surface area contributed by atoms with E-state index in [9.17, 15) is 9.59 Å². The van der Waals surface area contributed by atoms with Crippen molar-refractivity contribution in [2.24, 2.45) is 0 Å². The Labute approximate surface area is 196 Å². The van der Waals surface area contributed by atoms with E-state index in [4.69, 9.17) is 4.74 Å². The molecule has 5 heteroatoms. The summed E-state index contributed by atoms with van der Waals surface area (Å²) in [7, 11) is 0. The number of hydrazine groups is 1. The minimum atomic E-state index is -0.720. The molecule has 0 aromatic heterocycles. The van der Waals surface area contributed by atoms with E-state index in [1.807, 2.05) is 91.9 Å². The standard InChI is InChI=1S/C28H32N2O3/c1-4-20(3)23-18-12-13-19-25(23)33-24(5-2)27(31)29-30-28(32)26(21-14-8-6-9-15-21)22-16-10-7-11-17-22/h6-20,24,26H,4-5H2,1-3H3,(H,29,31)(H,30,32). The fraction of sp³-hybridized carbons (Fsp3) is 0.286. The van der Waals surface area contributed by atoms with Crippen molar-refractivity contribution in [3.05, 3.63) is 102 Å². The highest BCUT2D eigenvalue weighted by Gasteiger charge is 2.25. The molecule has 2 amide bonds. The molecule has 3 rings (SSSR count). The van der Waals surface area contributed by atoms with Crippen LogP contribution in [0.25, 0.3) is 0 Å². The van der Waals surface area contributed by atoms with E-state index in [1.165, 1.54) is 0 Å². The van der Waals surface area contributed by atoms with Gasteiger partial charge in [0.25, 0.3) is 5.91 Å². The molecule has 0 aliphatic carbocycles. The highest BCUT2D eigenvalue weighted by atomic mass is 16.5. The molecule has 5 nitrogen and oxygen atoms in total. The van der Waals surface area contributed by atoms with Crippen LogP contribution in [0.15, 0.2) is 84.9 Å². The zero-order valence-electron chi connectivity index (χ0n) is 19.5. The Balaban J connectivity index is 1.71. The number of benzene rings is 3. The van der Waals surface area contributed by atoms with Crippen molar-refractivity contribution < 1.29 is 14.3 Å². The lowest BCUT2D eigenvalue weighted by Crippen LogP contribution is -2.49. The largest absolute Gasteiger partial charge is 0.480 e. The lowest BCUT2D eigenvalue weighted by Gasteiger charge is -2.22. The van der Waals surface area contributed by atoms with Crippen LogP contribution in [-0.4, -0.2) is 17.9 Å². The third-order valence-corrected chi connectivity index (χ3v) is 5.83. The van der Waals surface area contributed by atoms with Crippen LogP contribution in [0, 0.1) is 0 Å². The summed E-state index contributed by atoms with van der Waals surface area (Å²) in [5.74, 6) is -0.217. The van der Waals surface area contributed by atoms with Crippen molar-refractivity contribution >= 4 is 11.8 Å². The summed E-state index contributed by atoms with van der Waals surface area (Å²) in [6, 6.07) is 26.8. The molecule has 2 atom stereocenters. The van der Waals surface area contributed by atoms with Crippen molar-refractivity contribution in [1.29, 1.82) is 0 Å². The topological polar surface area (TPSA) is 67.4 Å². The zero-order valence-corrected chi connectivity index (χ0v) is 19.5. The molecule has 0 aliphatic heterocycles. The Hall–Kier alpha value is -3.60. The van der Waals surface area contributed by atoms with Crippen molar-refractivity contribution in [3.8, 4) is 5.75 Å². The van der Waals surface area contributed by atoms with Crippen molar-refractivity contribution in [1.82, 2.24) is 10.9 Å². The molecule has 172 valence electrons. The molecule has 0 fully saturated rings. The number of amides is 2. The maximum Gasteiger partial charge on any atom is 0.279 e. The molecule has 0 radical (unpaired) electrons. The van der Waals surface area contributed by atoms with Gasteiger partial charge in [0.05, 0.1) is 5.92 Å². The van der Waals surface area contributed by atoms with Gasteiger partial charge in [0, 0.05) is 0 Å². The summed E-state index contributed by atoms with van der Waals surface area (Å²) in [6.07, 6.45) is 0.722. The SMILES string of the molecule is CCC(Oc1ccccc1C(C)CC)C(=O)NNC(=O)C(c1ccccc1)c1ccccc1. The molecule has 3 aromatic carbocycles. The van der Waals surface area contributed by atoms with Gasteiger partial charge in [-0.2, -0.15) is 0 Å². The van der Waals surface area contributed by atoms with Crippen LogP contribution in [0.3, 0.4) is 0 Å². The Morgan fingerprint density at radius 1 is 0.727 bits per heavy atom. The smallest absolute Gasteiger partial charge is 0.279 e. The van der Waals surface area contributed by atoms with E-state index in [-0.39, 0.29) is 11.8 Å². The Morgan fingerprint density at radius 2 is 1.24 bits per heavy atom. The van der Waals surface area contributed by atoms with Crippen molar-refractivity contribution in [2.75, 3.05) is 0 Å². The summed E-state index contributed by atoms with van der Waals surface area (Å²) in [5.41, 5.74) is 7.95. The summed E-state index contributed by atoms with van der Waals surface area (Å²) >= 11 is 0. The third-order valence-electron chi connectivity index (χ3n) is 5.83. The number of carbonyl (C=O) groups excluding carboxylic acids is 2. The van der Waals surface area contributed by atoms with Gasteiger partial charge in [0.1, 0.15) is 5.75 Å².